The van der Waals surface area contributed by atoms with Gasteiger partial charge in [-0.2, -0.15) is 0 Å². The number of amides is 2. The molecule has 0 aliphatic heterocycles. The van der Waals surface area contributed by atoms with Crippen molar-refractivity contribution in [2.45, 2.75) is 52.5 Å². The Kier molecular flexibility index (Phi) is 9.81. The smallest absolute Gasteiger partial charge is 0.244 e. The number of carbonyl (C=O) groups is 3. The van der Waals surface area contributed by atoms with E-state index in [-0.39, 0.29) is 17.6 Å². The lowest BCUT2D eigenvalue weighted by Gasteiger charge is -2.02. The number of hydrogen-bond donors (Lipinski definition) is 2. The maximum Gasteiger partial charge on any atom is 0.244 e. The normalized spacial score (nSPS) is 10.8. The molecule has 0 aromatic carbocycles. The van der Waals surface area contributed by atoms with Crippen LogP contribution in [0.4, 0.5) is 0 Å². The zero-order valence-electron chi connectivity index (χ0n) is 15.0. The predicted molar refractivity (Wildman–Crippen MR) is 93.7 cm³/mol. The molecule has 0 fully saturated rings. The molecule has 25 heavy (non-hydrogen) atoms. The van der Waals surface area contributed by atoms with Crippen LogP contribution in [0.25, 0.3) is 0 Å². The number of rotatable bonds is 12. The number of allylic oxidation sites excluding steroid dienone is 1. The predicted octanol–water partition coefficient (Wildman–Crippen LogP) is 0.779. The van der Waals surface area contributed by atoms with E-state index in [4.69, 9.17) is 0 Å². The molecular formula is C17H27N5O3. The molecule has 1 aromatic rings. The van der Waals surface area contributed by atoms with Crippen LogP contribution in [-0.2, 0) is 27.3 Å². The molecule has 8 nitrogen and oxygen atoms in total. The molecule has 1 rings (SSSR count). The van der Waals surface area contributed by atoms with Gasteiger partial charge in [0.2, 0.25) is 11.8 Å². The number of ketones is 1. The summed E-state index contributed by atoms with van der Waals surface area (Å²) in [6.07, 6.45) is 8.09. The largest absolute Gasteiger partial charge is 0.356 e. The second kappa shape index (κ2) is 11.9. The molecule has 0 radical (unpaired) electrons. The van der Waals surface area contributed by atoms with Gasteiger partial charge in [-0.05, 0) is 38.7 Å². The van der Waals surface area contributed by atoms with Gasteiger partial charge in [-0.25, -0.2) is 0 Å². The summed E-state index contributed by atoms with van der Waals surface area (Å²) in [6, 6.07) is 0. The Morgan fingerprint density at radius 1 is 1.16 bits per heavy atom. The Labute approximate surface area is 148 Å². The minimum atomic E-state index is -0.262. The second-order valence-corrected chi connectivity index (χ2v) is 5.77. The van der Waals surface area contributed by atoms with Gasteiger partial charge in [0.05, 0.1) is 12.2 Å². The minimum Gasteiger partial charge on any atom is -0.356 e. The average molecular weight is 349 g/mol. The number of aromatic nitrogens is 3. The second-order valence-electron chi connectivity index (χ2n) is 5.77. The van der Waals surface area contributed by atoms with E-state index in [0.29, 0.717) is 26.1 Å². The molecular weight excluding hydrogens is 322 g/mol. The van der Waals surface area contributed by atoms with Crippen LogP contribution < -0.4 is 10.6 Å². The van der Waals surface area contributed by atoms with Crippen molar-refractivity contribution in [2.75, 3.05) is 13.1 Å². The molecule has 0 unspecified atom stereocenters. The first kappa shape index (κ1) is 20.5. The van der Waals surface area contributed by atoms with Crippen LogP contribution >= 0.6 is 0 Å². The molecule has 138 valence electrons. The van der Waals surface area contributed by atoms with Gasteiger partial charge >= 0.3 is 0 Å². The van der Waals surface area contributed by atoms with E-state index in [1.54, 1.807) is 4.68 Å². The highest BCUT2D eigenvalue weighted by atomic mass is 16.2. The molecule has 8 heteroatoms. The van der Waals surface area contributed by atoms with Gasteiger partial charge in [-0.3, -0.25) is 19.1 Å². The van der Waals surface area contributed by atoms with E-state index in [1.807, 2.05) is 13.1 Å². The maximum absolute atomic E-state index is 11.5. The topological polar surface area (TPSA) is 106 Å². The van der Waals surface area contributed by atoms with Crippen molar-refractivity contribution in [3.63, 3.8) is 0 Å². The number of nitrogens with one attached hydrogen (secondary N) is 2. The summed E-state index contributed by atoms with van der Waals surface area (Å²) in [7, 11) is 0. The fourth-order valence-electron chi connectivity index (χ4n) is 2.03. The van der Waals surface area contributed by atoms with Gasteiger partial charge in [0.25, 0.3) is 0 Å². The molecule has 0 aliphatic rings. The molecule has 1 heterocycles. The van der Waals surface area contributed by atoms with Crippen LogP contribution in [0.1, 0.15) is 45.2 Å². The van der Waals surface area contributed by atoms with Crippen LogP contribution in [0.5, 0.6) is 0 Å². The summed E-state index contributed by atoms with van der Waals surface area (Å²) in [4.78, 5) is 33.6. The summed E-state index contributed by atoms with van der Waals surface area (Å²) in [5.41, 5.74) is 0.872. The van der Waals surface area contributed by atoms with Gasteiger partial charge in [-0.15, -0.1) is 5.10 Å². The summed E-state index contributed by atoms with van der Waals surface area (Å²) >= 11 is 0. The van der Waals surface area contributed by atoms with E-state index in [2.05, 4.69) is 20.9 Å². The van der Waals surface area contributed by atoms with Gasteiger partial charge < -0.3 is 10.6 Å². The summed E-state index contributed by atoms with van der Waals surface area (Å²) < 4.78 is 1.68. The Hall–Kier alpha value is -2.51. The summed E-state index contributed by atoms with van der Waals surface area (Å²) in [6.45, 7) is 5.17. The fourth-order valence-corrected chi connectivity index (χ4v) is 2.03. The van der Waals surface area contributed by atoms with Crippen molar-refractivity contribution in [3.05, 3.63) is 24.0 Å². The molecule has 2 amide bonds. The van der Waals surface area contributed by atoms with E-state index < -0.39 is 0 Å². The third-order valence-corrected chi connectivity index (χ3v) is 3.35. The molecule has 0 saturated heterocycles. The zero-order chi connectivity index (χ0) is 18.5. The molecule has 0 atom stereocenters. The van der Waals surface area contributed by atoms with Crippen molar-refractivity contribution < 1.29 is 14.4 Å². The zero-order valence-corrected chi connectivity index (χ0v) is 15.0. The van der Waals surface area contributed by atoms with Crippen molar-refractivity contribution in [3.8, 4) is 0 Å². The third-order valence-electron chi connectivity index (χ3n) is 3.35. The van der Waals surface area contributed by atoms with Gasteiger partial charge in [-0.1, -0.05) is 12.1 Å². The summed E-state index contributed by atoms with van der Waals surface area (Å²) in [5.74, 6) is -0.392. The van der Waals surface area contributed by atoms with Gasteiger partial charge in [0.15, 0.2) is 5.78 Å². The Morgan fingerprint density at radius 3 is 2.68 bits per heavy atom. The first-order valence-corrected chi connectivity index (χ1v) is 8.63. The van der Waals surface area contributed by atoms with E-state index in [0.717, 1.165) is 31.4 Å². The van der Waals surface area contributed by atoms with Crippen LogP contribution in [0.15, 0.2) is 18.3 Å². The van der Waals surface area contributed by atoms with Crippen LogP contribution in [-0.4, -0.2) is 45.7 Å². The molecule has 0 bridgehead atoms. The summed E-state index contributed by atoms with van der Waals surface area (Å²) in [5, 5.41) is 13.6. The van der Waals surface area contributed by atoms with Gasteiger partial charge in [0, 0.05) is 31.8 Å². The molecule has 1 aromatic heterocycles. The van der Waals surface area contributed by atoms with Crippen molar-refractivity contribution >= 4 is 17.6 Å². The Balaban J connectivity index is 2.16. The third kappa shape index (κ3) is 10.1. The van der Waals surface area contributed by atoms with Crippen molar-refractivity contribution in [2.24, 2.45) is 0 Å². The maximum atomic E-state index is 11.5. The van der Waals surface area contributed by atoms with Crippen molar-refractivity contribution in [1.82, 2.24) is 25.6 Å². The number of carbonyl (C=O) groups excluding carboxylic acids is 3. The number of nitrogens with zero attached hydrogens (tertiary/aromatic N) is 3. The van der Waals surface area contributed by atoms with Crippen LogP contribution in [0, 0.1) is 0 Å². The van der Waals surface area contributed by atoms with Crippen molar-refractivity contribution in [1.29, 1.82) is 0 Å². The minimum absolute atomic E-state index is 0.0217. The van der Waals surface area contributed by atoms with E-state index in [1.165, 1.54) is 19.1 Å². The van der Waals surface area contributed by atoms with Crippen LogP contribution in [0.3, 0.4) is 0 Å². The highest BCUT2D eigenvalue weighted by Gasteiger charge is 2.04. The Morgan fingerprint density at radius 2 is 1.96 bits per heavy atom. The van der Waals surface area contributed by atoms with E-state index >= 15 is 0 Å². The highest BCUT2D eigenvalue weighted by molar-refractivity contribution is 5.96. The number of aryl methyl sites for hydroxylation is 2. The number of unbranched alkanes of at least 4 members (excludes halogenated alkanes) is 1. The first-order valence-electron chi connectivity index (χ1n) is 8.63. The molecule has 2 N–H and O–H groups in total. The molecule has 0 aliphatic carbocycles. The average Bonchev–Trinajstić information content (AvgIpc) is 3.03. The Bertz CT molecular complexity index is 595. The standard InChI is InChI=1S/C17H27N5O3/c1-3-10-18-17(25)9-12-22-13-15(20-21-22)6-4-5-11-19-16(24)8-7-14(2)23/h7-8,13H,3-6,9-12H2,1-2H3,(H,18,25)(H,19,24)/b8-7+. The van der Waals surface area contributed by atoms with Gasteiger partial charge in [0.1, 0.15) is 0 Å². The SMILES string of the molecule is CCCNC(=O)CCn1cc(CCCCNC(=O)/C=C/C(C)=O)nn1. The lowest BCUT2D eigenvalue weighted by Crippen LogP contribution is -2.25. The lowest BCUT2D eigenvalue weighted by atomic mass is 10.2. The van der Waals surface area contributed by atoms with Crippen LogP contribution in [0.2, 0.25) is 0 Å². The lowest BCUT2D eigenvalue weighted by molar-refractivity contribution is -0.121. The monoisotopic (exact) mass is 349 g/mol. The fraction of sp³-hybridized carbons (Fsp3) is 0.588. The first-order chi connectivity index (χ1) is 12.0. The molecule has 0 saturated carbocycles. The molecule has 0 spiro atoms. The highest BCUT2D eigenvalue weighted by Crippen LogP contribution is 2.01. The quantitative estimate of drug-likeness (QED) is 0.428. The number of hydrogen-bond acceptors (Lipinski definition) is 5. The van der Waals surface area contributed by atoms with E-state index in [9.17, 15) is 14.4 Å².